The smallest absolute Gasteiger partial charge is 0.481 e. The van der Waals surface area contributed by atoms with E-state index in [1.165, 1.54) is 12.1 Å². The summed E-state index contributed by atoms with van der Waals surface area (Å²) >= 11 is 0. The number of carboxylic acid groups (broad SMARTS) is 1. The molecule has 1 aromatic heterocycles. The summed E-state index contributed by atoms with van der Waals surface area (Å²) in [7, 11) is 0. The predicted molar refractivity (Wildman–Crippen MR) is 109 cm³/mol. The highest BCUT2D eigenvalue weighted by molar-refractivity contribution is 5.75. The molecule has 4 aliphatic carbocycles. The highest BCUT2D eigenvalue weighted by Gasteiger charge is 2.52. The van der Waals surface area contributed by atoms with Gasteiger partial charge in [0.2, 0.25) is 0 Å². The number of carboxylic acids is 1. The Balaban J connectivity index is 1.41. The fourth-order valence-electron chi connectivity index (χ4n) is 5.67. The molecule has 0 atom stereocenters. The van der Waals surface area contributed by atoms with Gasteiger partial charge in [0.15, 0.2) is 0 Å². The van der Waals surface area contributed by atoms with Crippen LogP contribution in [0, 0.1) is 10.8 Å². The van der Waals surface area contributed by atoms with Crippen molar-refractivity contribution in [3.63, 3.8) is 0 Å². The van der Waals surface area contributed by atoms with E-state index in [4.69, 9.17) is 4.52 Å². The lowest BCUT2D eigenvalue weighted by Gasteiger charge is -2.51. The number of hydrogen-bond acceptors (Lipinski definition) is 4. The van der Waals surface area contributed by atoms with Crippen LogP contribution in [0.4, 0.5) is 13.2 Å². The Bertz CT molecular complexity index is 1000. The Kier molecular flexibility index (Phi) is 5.02. The summed E-state index contributed by atoms with van der Waals surface area (Å²) in [5, 5.41) is 13.8. The quantitative estimate of drug-likeness (QED) is 0.524. The van der Waals surface area contributed by atoms with Crippen LogP contribution >= 0.6 is 0 Å². The molecule has 0 unspecified atom stereocenters. The molecule has 0 radical (unpaired) electrons. The van der Waals surface area contributed by atoms with Crippen molar-refractivity contribution in [3.8, 4) is 17.0 Å². The maximum absolute atomic E-state index is 13.0. The number of rotatable bonds is 7. The Hall–Kier alpha value is -2.51. The monoisotopic (exact) mass is 449 g/mol. The van der Waals surface area contributed by atoms with Crippen LogP contribution < -0.4 is 4.74 Å². The molecular weight excluding hydrogens is 423 g/mol. The number of hydrogen-bond donors (Lipinski definition) is 1. The van der Waals surface area contributed by atoms with Gasteiger partial charge in [0.25, 0.3) is 0 Å². The zero-order valence-corrected chi connectivity index (χ0v) is 17.7. The van der Waals surface area contributed by atoms with Crippen molar-refractivity contribution in [3.05, 3.63) is 35.6 Å². The Morgan fingerprint density at radius 3 is 2.38 bits per heavy atom. The van der Waals surface area contributed by atoms with Crippen LogP contribution in [0.15, 0.2) is 28.8 Å². The summed E-state index contributed by atoms with van der Waals surface area (Å²) in [5.74, 6) is 0.0996. The second kappa shape index (κ2) is 7.52. The molecule has 0 spiro atoms. The summed E-state index contributed by atoms with van der Waals surface area (Å²) < 4.78 is 48.8. The zero-order chi connectivity index (χ0) is 22.6. The second-order valence-corrected chi connectivity index (χ2v) is 9.78. The van der Waals surface area contributed by atoms with Gasteiger partial charge in [0, 0.05) is 17.0 Å². The number of carbonyl (C=O) groups is 1. The predicted octanol–water partition coefficient (Wildman–Crippen LogP) is 6.48. The molecule has 5 nitrogen and oxygen atoms in total. The minimum Gasteiger partial charge on any atom is -0.481 e. The molecule has 0 saturated heterocycles. The molecule has 2 bridgehead atoms. The van der Waals surface area contributed by atoms with Crippen molar-refractivity contribution in [2.24, 2.45) is 10.8 Å². The normalized spacial score (nSPS) is 27.5. The van der Waals surface area contributed by atoms with Gasteiger partial charge in [-0.2, -0.15) is 0 Å². The topological polar surface area (TPSA) is 72.6 Å². The molecule has 2 aromatic rings. The third kappa shape index (κ3) is 3.88. The van der Waals surface area contributed by atoms with Crippen molar-refractivity contribution in [2.45, 2.75) is 76.5 Å². The van der Waals surface area contributed by atoms with Gasteiger partial charge in [-0.15, -0.1) is 13.2 Å². The number of alkyl halides is 3. The fourth-order valence-corrected chi connectivity index (χ4v) is 5.67. The van der Waals surface area contributed by atoms with E-state index in [2.05, 4.69) is 9.89 Å². The third-order valence-corrected chi connectivity index (χ3v) is 7.90. The van der Waals surface area contributed by atoms with Crippen molar-refractivity contribution >= 4 is 5.97 Å². The molecule has 0 amide bonds. The molecule has 4 saturated carbocycles. The van der Waals surface area contributed by atoms with E-state index in [0.717, 1.165) is 49.8 Å². The molecule has 4 aliphatic rings. The van der Waals surface area contributed by atoms with Crippen molar-refractivity contribution in [1.82, 2.24) is 5.16 Å². The molecule has 32 heavy (non-hydrogen) atoms. The highest BCUT2D eigenvalue weighted by atomic mass is 19.4. The molecular formula is C24H26F3NO4. The molecule has 0 aliphatic heterocycles. The standard InChI is InChI=1S/C24H26F3NO4/c25-24(26,27)31-18-4-2-1-3-16(18)19-17(20(32-28-19)15-5-6-15)7-8-22-9-12-23(13-10-22,14-11-22)21(29)30/h1-4,15H,5-14H2,(H,29,30). The molecule has 1 N–H and O–H groups in total. The van der Waals surface area contributed by atoms with Crippen LogP contribution in [-0.2, 0) is 11.2 Å². The maximum atomic E-state index is 13.0. The number of fused-ring (bicyclic) bond motifs is 3. The number of aromatic nitrogens is 1. The van der Waals surface area contributed by atoms with Crippen molar-refractivity contribution in [2.75, 3.05) is 0 Å². The number of aliphatic carboxylic acids is 1. The average molecular weight is 449 g/mol. The average Bonchev–Trinajstić information content (AvgIpc) is 3.52. The van der Waals surface area contributed by atoms with E-state index in [-0.39, 0.29) is 22.6 Å². The molecule has 1 aromatic carbocycles. The lowest BCUT2D eigenvalue weighted by atomic mass is 9.52. The van der Waals surface area contributed by atoms with E-state index in [9.17, 15) is 23.1 Å². The van der Waals surface area contributed by atoms with Crippen LogP contribution in [0.25, 0.3) is 11.3 Å². The fraction of sp³-hybridized carbons (Fsp3) is 0.583. The minimum absolute atomic E-state index is 0.0918. The highest BCUT2D eigenvalue weighted by Crippen LogP contribution is 2.59. The van der Waals surface area contributed by atoms with Gasteiger partial charge in [-0.05, 0) is 81.8 Å². The Morgan fingerprint density at radius 1 is 1.12 bits per heavy atom. The summed E-state index contributed by atoms with van der Waals surface area (Å²) in [6.07, 6.45) is 3.47. The summed E-state index contributed by atoms with van der Waals surface area (Å²) in [6.45, 7) is 0. The number of ether oxygens (including phenoxy) is 1. The minimum atomic E-state index is -4.79. The molecule has 4 fully saturated rings. The first kappa shape index (κ1) is 21.3. The first-order valence-corrected chi connectivity index (χ1v) is 11.3. The van der Waals surface area contributed by atoms with E-state index < -0.39 is 17.7 Å². The van der Waals surface area contributed by atoms with Crippen LogP contribution in [0.5, 0.6) is 5.75 Å². The van der Waals surface area contributed by atoms with E-state index >= 15 is 0 Å². The number of halogens is 3. The number of para-hydroxylation sites is 1. The van der Waals surface area contributed by atoms with Crippen molar-refractivity contribution in [1.29, 1.82) is 0 Å². The molecule has 8 heteroatoms. The summed E-state index contributed by atoms with van der Waals surface area (Å²) in [5.41, 5.74) is 1.12. The lowest BCUT2D eigenvalue weighted by molar-refractivity contribution is -0.274. The van der Waals surface area contributed by atoms with Gasteiger partial charge in [0.05, 0.1) is 5.41 Å². The van der Waals surface area contributed by atoms with E-state index in [0.29, 0.717) is 31.4 Å². The largest absolute Gasteiger partial charge is 0.573 e. The van der Waals surface area contributed by atoms with Crippen LogP contribution in [0.2, 0.25) is 0 Å². The van der Waals surface area contributed by atoms with Gasteiger partial charge in [-0.25, -0.2) is 0 Å². The van der Waals surface area contributed by atoms with Crippen LogP contribution in [0.3, 0.4) is 0 Å². The van der Waals surface area contributed by atoms with Crippen molar-refractivity contribution < 1.29 is 32.3 Å². The SMILES string of the molecule is O=C(O)C12CCC(CCc3c(-c4ccccc4OC(F)(F)F)noc3C3CC3)(CC1)CC2. The first-order valence-electron chi connectivity index (χ1n) is 11.3. The van der Waals surface area contributed by atoms with Crippen LogP contribution in [-0.4, -0.2) is 22.6 Å². The number of nitrogens with zero attached hydrogens (tertiary/aromatic N) is 1. The van der Waals surface area contributed by atoms with Gasteiger partial charge < -0.3 is 14.4 Å². The van der Waals surface area contributed by atoms with E-state index in [1.807, 2.05) is 0 Å². The van der Waals surface area contributed by atoms with Gasteiger partial charge in [-0.1, -0.05) is 17.3 Å². The van der Waals surface area contributed by atoms with Crippen LogP contribution in [0.1, 0.15) is 75.0 Å². The molecule has 172 valence electrons. The Morgan fingerprint density at radius 2 is 1.78 bits per heavy atom. The zero-order valence-electron chi connectivity index (χ0n) is 17.7. The third-order valence-electron chi connectivity index (χ3n) is 7.90. The summed E-state index contributed by atoms with van der Waals surface area (Å²) in [4.78, 5) is 11.7. The van der Waals surface area contributed by atoms with Gasteiger partial charge in [0.1, 0.15) is 17.2 Å². The Labute approximate surface area is 183 Å². The first-order chi connectivity index (χ1) is 15.2. The molecule has 6 rings (SSSR count). The second-order valence-electron chi connectivity index (χ2n) is 9.78. The van der Waals surface area contributed by atoms with Gasteiger partial charge >= 0.3 is 12.3 Å². The van der Waals surface area contributed by atoms with E-state index in [1.54, 1.807) is 12.1 Å². The summed E-state index contributed by atoms with van der Waals surface area (Å²) in [6, 6.07) is 6.05. The maximum Gasteiger partial charge on any atom is 0.573 e. The molecule has 1 heterocycles. The lowest BCUT2D eigenvalue weighted by Crippen LogP contribution is -2.46. The van der Waals surface area contributed by atoms with Gasteiger partial charge in [-0.3, -0.25) is 4.79 Å². The number of benzene rings is 1.